The molecule has 0 saturated carbocycles. The fourth-order valence-electron chi connectivity index (χ4n) is 3.61. The number of carbonyl (C=O) groups excluding carboxylic acids is 1. The number of anilines is 1. The molecule has 4 rings (SSSR count). The smallest absolute Gasteiger partial charge is 0.260 e. The lowest BCUT2D eigenvalue weighted by molar-refractivity contribution is 0.0985. The highest BCUT2D eigenvalue weighted by atomic mass is 32.2. The second kappa shape index (κ2) is 9.05. The Morgan fingerprint density at radius 1 is 0.970 bits per heavy atom. The van der Waals surface area contributed by atoms with Crippen molar-refractivity contribution in [2.75, 3.05) is 19.0 Å². The van der Waals surface area contributed by atoms with E-state index in [2.05, 4.69) is 6.07 Å². The van der Waals surface area contributed by atoms with Gasteiger partial charge in [0, 0.05) is 19.7 Å². The number of hydrogen-bond acceptors (Lipinski definition) is 5. The average Bonchev–Trinajstić information content (AvgIpc) is 3.22. The van der Waals surface area contributed by atoms with Crippen LogP contribution in [0.5, 0.6) is 0 Å². The summed E-state index contributed by atoms with van der Waals surface area (Å²) in [6.07, 6.45) is 0. The van der Waals surface area contributed by atoms with E-state index in [0.29, 0.717) is 17.2 Å². The van der Waals surface area contributed by atoms with Crippen molar-refractivity contribution in [3.05, 3.63) is 89.0 Å². The van der Waals surface area contributed by atoms with Crippen molar-refractivity contribution < 1.29 is 13.2 Å². The number of rotatable bonds is 6. The Labute approximate surface area is 198 Å². The summed E-state index contributed by atoms with van der Waals surface area (Å²) in [4.78, 5) is 20.2. The lowest BCUT2D eigenvalue weighted by atomic mass is 10.1. The van der Waals surface area contributed by atoms with Crippen molar-refractivity contribution in [3.8, 4) is 0 Å². The first kappa shape index (κ1) is 23.1. The lowest BCUT2D eigenvalue weighted by Crippen LogP contribution is -2.30. The number of hydrogen-bond donors (Lipinski definition) is 0. The van der Waals surface area contributed by atoms with Crippen molar-refractivity contribution >= 4 is 42.6 Å². The maximum absolute atomic E-state index is 13.6. The molecule has 33 heavy (non-hydrogen) atoms. The van der Waals surface area contributed by atoms with Crippen molar-refractivity contribution in [1.82, 2.24) is 9.29 Å². The second-order valence-corrected chi connectivity index (χ2v) is 11.2. The molecule has 0 N–H and O–H groups in total. The van der Waals surface area contributed by atoms with Crippen LogP contribution in [0, 0.1) is 13.8 Å². The minimum atomic E-state index is -3.57. The van der Waals surface area contributed by atoms with Gasteiger partial charge in [0.2, 0.25) is 10.0 Å². The third-order valence-electron chi connectivity index (χ3n) is 5.35. The minimum absolute atomic E-state index is 0.143. The van der Waals surface area contributed by atoms with Crippen molar-refractivity contribution in [2.45, 2.75) is 25.3 Å². The molecule has 0 unspecified atom stereocenters. The molecular formula is C25H25N3O3S2. The Hall–Kier alpha value is -3.07. The summed E-state index contributed by atoms with van der Waals surface area (Å²) in [5.74, 6) is -0.235. The van der Waals surface area contributed by atoms with Crippen LogP contribution in [-0.2, 0) is 16.6 Å². The van der Waals surface area contributed by atoms with Crippen LogP contribution in [0.2, 0.25) is 0 Å². The predicted octanol–water partition coefficient (Wildman–Crippen LogP) is 5.01. The number of nitrogens with zero attached hydrogens (tertiary/aromatic N) is 3. The molecule has 0 spiro atoms. The fraction of sp³-hybridized carbons (Fsp3) is 0.200. The SMILES string of the molecule is Cc1cc(C)c2sc(N(Cc3ccccc3)C(=O)c3ccc(S(=O)(=O)N(C)C)cc3)nc2c1. The van der Waals surface area contributed by atoms with Crippen molar-refractivity contribution in [3.63, 3.8) is 0 Å². The van der Waals surface area contributed by atoms with Gasteiger partial charge >= 0.3 is 0 Å². The van der Waals surface area contributed by atoms with Gasteiger partial charge in [0.15, 0.2) is 5.13 Å². The number of aryl methyl sites for hydroxylation is 2. The predicted molar refractivity (Wildman–Crippen MR) is 133 cm³/mol. The summed E-state index contributed by atoms with van der Waals surface area (Å²) in [6.45, 7) is 4.43. The zero-order valence-corrected chi connectivity index (χ0v) is 20.6. The molecule has 0 aliphatic rings. The highest BCUT2D eigenvalue weighted by Crippen LogP contribution is 2.33. The standard InChI is InChI=1S/C25H25N3O3S2/c1-17-14-18(2)23-22(15-17)26-25(32-23)28(16-19-8-6-5-7-9-19)24(29)20-10-12-21(13-11-20)33(30,31)27(3)4/h5-15H,16H2,1-4H3. The number of thiazole rings is 1. The van der Waals surface area contributed by atoms with Crippen LogP contribution in [0.4, 0.5) is 5.13 Å². The Balaban J connectivity index is 1.75. The number of amides is 1. The van der Waals surface area contributed by atoms with E-state index in [4.69, 9.17) is 4.98 Å². The van der Waals surface area contributed by atoms with E-state index in [1.54, 1.807) is 17.0 Å². The first-order valence-electron chi connectivity index (χ1n) is 10.4. The molecule has 170 valence electrons. The van der Waals surface area contributed by atoms with Gasteiger partial charge in [-0.3, -0.25) is 9.69 Å². The third kappa shape index (κ3) is 4.68. The van der Waals surface area contributed by atoms with Crippen LogP contribution in [0.1, 0.15) is 27.0 Å². The van der Waals surface area contributed by atoms with Crippen molar-refractivity contribution in [1.29, 1.82) is 0 Å². The maximum atomic E-state index is 13.6. The summed E-state index contributed by atoms with van der Waals surface area (Å²) >= 11 is 1.49. The molecule has 4 aromatic rings. The van der Waals surface area contributed by atoms with Gasteiger partial charge in [-0.2, -0.15) is 0 Å². The number of sulfonamides is 1. The van der Waals surface area contributed by atoms with E-state index in [1.807, 2.05) is 50.2 Å². The van der Waals surface area contributed by atoms with Gasteiger partial charge in [0.05, 0.1) is 21.7 Å². The number of fused-ring (bicyclic) bond motifs is 1. The van der Waals surface area contributed by atoms with Crippen molar-refractivity contribution in [2.24, 2.45) is 0 Å². The molecule has 0 aliphatic carbocycles. The molecule has 3 aromatic carbocycles. The minimum Gasteiger partial charge on any atom is -0.279 e. The molecule has 8 heteroatoms. The molecule has 0 fully saturated rings. The monoisotopic (exact) mass is 479 g/mol. The third-order valence-corrected chi connectivity index (χ3v) is 8.41. The molecular weight excluding hydrogens is 454 g/mol. The Morgan fingerprint density at radius 3 is 2.27 bits per heavy atom. The van der Waals surface area contributed by atoms with Gasteiger partial charge in [-0.15, -0.1) is 0 Å². The molecule has 0 saturated heterocycles. The molecule has 1 heterocycles. The zero-order valence-electron chi connectivity index (χ0n) is 18.9. The van der Waals surface area contributed by atoms with E-state index in [1.165, 1.54) is 37.6 Å². The van der Waals surface area contributed by atoms with Crippen LogP contribution in [0.25, 0.3) is 10.2 Å². The van der Waals surface area contributed by atoms with Gasteiger partial charge in [-0.25, -0.2) is 17.7 Å². The largest absolute Gasteiger partial charge is 0.279 e. The second-order valence-electron chi connectivity index (χ2n) is 8.12. The van der Waals surface area contributed by atoms with E-state index in [9.17, 15) is 13.2 Å². The Morgan fingerprint density at radius 2 is 1.64 bits per heavy atom. The van der Waals surface area contributed by atoms with Crippen LogP contribution < -0.4 is 4.90 Å². The van der Waals surface area contributed by atoms with E-state index < -0.39 is 10.0 Å². The maximum Gasteiger partial charge on any atom is 0.260 e. The average molecular weight is 480 g/mol. The van der Waals surface area contributed by atoms with Gasteiger partial charge < -0.3 is 0 Å². The summed E-state index contributed by atoms with van der Waals surface area (Å²) in [5.41, 5.74) is 4.49. The summed E-state index contributed by atoms with van der Waals surface area (Å²) in [7, 11) is -0.610. The van der Waals surface area contributed by atoms with E-state index >= 15 is 0 Å². The molecule has 0 bridgehead atoms. The van der Waals surface area contributed by atoms with Gasteiger partial charge in [0.25, 0.3) is 5.91 Å². The first-order chi connectivity index (χ1) is 15.7. The number of benzene rings is 3. The highest BCUT2D eigenvalue weighted by molar-refractivity contribution is 7.89. The summed E-state index contributed by atoms with van der Waals surface area (Å²) in [6, 6.07) is 19.9. The van der Waals surface area contributed by atoms with Gasteiger partial charge in [-0.05, 0) is 60.9 Å². The number of carbonyl (C=O) groups is 1. The molecule has 0 aliphatic heterocycles. The topological polar surface area (TPSA) is 70.6 Å². The Kier molecular flexibility index (Phi) is 6.34. The molecule has 1 aromatic heterocycles. The van der Waals surface area contributed by atoms with E-state index in [-0.39, 0.29) is 10.8 Å². The van der Waals surface area contributed by atoms with Crippen LogP contribution in [0.15, 0.2) is 71.6 Å². The van der Waals surface area contributed by atoms with Gasteiger partial charge in [-0.1, -0.05) is 47.7 Å². The fourth-order valence-corrected chi connectivity index (χ4v) is 5.52. The normalized spacial score (nSPS) is 11.8. The van der Waals surface area contributed by atoms with Crippen LogP contribution >= 0.6 is 11.3 Å². The Bertz CT molecular complexity index is 1410. The molecule has 0 radical (unpaired) electrons. The van der Waals surface area contributed by atoms with E-state index in [0.717, 1.165) is 31.2 Å². The molecule has 6 nitrogen and oxygen atoms in total. The highest BCUT2D eigenvalue weighted by Gasteiger charge is 2.24. The molecule has 1 amide bonds. The lowest BCUT2D eigenvalue weighted by Gasteiger charge is -2.20. The zero-order chi connectivity index (χ0) is 23.8. The summed E-state index contributed by atoms with van der Waals surface area (Å²) < 4.78 is 27.0. The quantitative estimate of drug-likeness (QED) is 0.390. The number of aromatic nitrogens is 1. The summed E-state index contributed by atoms with van der Waals surface area (Å²) in [5, 5.41) is 0.609. The molecule has 0 atom stereocenters. The van der Waals surface area contributed by atoms with Gasteiger partial charge in [0.1, 0.15) is 0 Å². The van der Waals surface area contributed by atoms with Crippen LogP contribution in [0.3, 0.4) is 0 Å². The van der Waals surface area contributed by atoms with Crippen LogP contribution in [-0.4, -0.2) is 37.7 Å². The first-order valence-corrected chi connectivity index (χ1v) is 12.7.